The molecule has 1 unspecified atom stereocenters. The van der Waals surface area contributed by atoms with Crippen LogP contribution >= 0.6 is 11.3 Å². The number of carboxylic acid groups (broad SMARTS) is 1. The van der Waals surface area contributed by atoms with E-state index in [0.717, 1.165) is 5.01 Å². The monoisotopic (exact) mass is 326 g/mol. The first-order chi connectivity index (χ1) is 10.2. The Balaban J connectivity index is 2.26. The van der Waals surface area contributed by atoms with E-state index in [0.29, 0.717) is 23.7 Å². The predicted molar refractivity (Wildman–Crippen MR) is 83.4 cm³/mol. The maximum absolute atomic E-state index is 12.8. The fraction of sp³-hybridized carbons (Fsp3) is 0.667. The summed E-state index contributed by atoms with van der Waals surface area (Å²) in [6.07, 6.45) is -0.101. The lowest BCUT2D eigenvalue weighted by atomic mass is 9.98. The summed E-state index contributed by atoms with van der Waals surface area (Å²) in [5.41, 5.74) is 0.597. The minimum absolute atomic E-state index is 0.101. The number of morpholine rings is 1. The molecule has 1 N–H and O–H groups in total. The highest BCUT2D eigenvalue weighted by atomic mass is 32.1. The second-order valence-electron chi connectivity index (χ2n) is 6.51. The van der Waals surface area contributed by atoms with Gasteiger partial charge in [-0.05, 0) is 6.92 Å². The second kappa shape index (κ2) is 6.34. The number of hydrogen-bond donors (Lipinski definition) is 1. The first-order valence-electron chi connectivity index (χ1n) is 7.28. The number of amides is 1. The van der Waals surface area contributed by atoms with Gasteiger partial charge in [0.1, 0.15) is 4.88 Å². The molecule has 1 atom stereocenters. The van der Waals surface area contributed by atoms with Gasteiger partial charge >= 0.3 is 5.97 Å². The first-order valence-corrected chi connectivity index (χ1v) is 8.10. The molecule has 7 heteroatoms. The van der Waals surface area contributed by atoms with Crippen molar-refractivity contribution in [1.82, 2.24) is 9.88 Å². The Hall–Kier alpha value is -1.47. The van der Waals surface area contributed by atoms with E-state index in [2.05, 4.69) is 25.8 Å². The summed E-state index contributed by atoms with van der Waals surface area (Å²) in [6, 6.07) is -0.418. The quantitative estimate of drug-likeness (QED) is 0.920. The zero-order valence-electron chi connectivity index (χ0n) is 13.4. The van der Waals surface area contributed by atoms with E-state index in [1.54, 1.807) is 4.90 Å². The molecule has 122 valence electrons. The summed E-state index contributed by atoms with van der Waals surface area (Å²) in [6.45, 7) is 9.11. The van der Waals surface area contributed by atoms with Gasteiger partial charge in [0.2, 0.25) is 0 Å². The molecule has 22 heavy (non-hydrogen) atoms. The topological polar surface area (TPSA) is 79.7 Å². The number of hydrogen-bond acceptors (Lipinski definition) is 5. The molecule has 0 bridgehead atoms. The molecular formula is C15H22N2O4S. The summed E-state index contributed by atoms with van der Waals surface area (Å²) in [5, 5.41) is 9.91. The molecule has 0 spiro atoms. The lowest BCUT2D eigenvalue weighted by molar-refractivity contribution is -0.139. The zero-order chi connectivity index (χ0) is 16.5. The van der Waals surface area contributed by atoms with E-state index in [1.807, 2.05) is 6.92 Å². The smallest absolute Gasteiger partial charge is 0.305 e. The van der Waals surface area contributed by atoms with Gasteiger partial charge < -0.3 is 14.7 Å². The third kappa shape index (κ3) is 3.64. The van der Waals surface area contributed by atoms with Gasteiger partial charge in [-0.25, -0.2) is 4.98 Å². The van der Waals surface area contributed by atoms with Crippen LogP contribution in [-0.2, 0) is 14.9 Å². The van der Waals surface area contributed by atoms with Gasteiger partial charge in [-0.2, -0.15) is 0 Å². The largest absolute Gasteiger partial charge is 0.481 e. The summed E-state index contributed by atoms with van der Waals surface area (Å²) < 4.78 is 5.32. The van der Waals surface area contributed by atoms with E-state index in [9.17, 15) is 9.59 Å². The number of ether oxygens (including phenoxy) is 1. The fourth-order valence-corrected chi connectivity index (χ4v) is 3.42. The Morgan fingerprint density at radius 2 is 2.14 bits per heavy atom. The SMILES string of the molecule is Cc1nc(C(C)(C)C)sc1C(=O)N1CCOCC1CC(=O)O. The van der Waals surface area contributed by atoms with Crippen molar-refractivity contribution < 1.29 is 19.4 Å². The number of aryl methyl sites for hydroxylation is 1. The van der Waals surface area contributed by atoms with Crippen molar-refractivity contribution in [2.45, 2.75) is 45.6 Å². The number of carbonyl (C=O) groups is 2. The molecule has 0 saturated carbocycles. The van der Waals surface area contributed by atoms with Crippen LogP contribution in [0.3, 0.4) is 0 Å². The molecule has 0 aliphatic carbocycles. The Morgan fingerprint density at radius 1 is 1.45 bits per heavy atom. The number of aliphatic carboxylic acids is 1. The van der Waals surface area contributed by atoms with Crippen LogP contribution < -0.4 is 0 Å². The molecule has 1 aromatic rings. The van der Waals surface area contributed by atoms with E-state index >= 15 is 0 Å². The van der Waals surface area contributed by atoms with Gasteiger partial charge in [-0.15, -0.1) is 11.3 Å². The molecule has 1 saturated heterocycles. The molecule has 6 nitrogen and oxygen atoms in total. The molecule has 2 rings (SSSR count). The van der Waals surface area contributed by atoms with Crippen LogP contribution in [0.4, 0.5) is 0 Å². The number of aromatic nitrogens is 1. The zero-order valence-corrected chi connectivity index (χ0v) is 14.2. The standard InChI is InChI=1S/C15H22N2O4S/c1-9-12(22-14(16-9)15(2,3)4)13(20)17-5-6-21-8-10(17)7-11(18)19/h10H,5-8H2,1-4H3,(H,18,19). The predicted octanol–water partition coefficient (Wildman–Crippen LogP) is 2.06. The van der Waals surface area contributed by atoms with Crippen LogP contribution in [-0.4, -0.2) is 52.7 Å². The van der Waals surface area contributed by atoms with Crippen molar-refractivity contribution in [2.24, 2.45) is 0 Å². The van der Waals surface area contributed by atoms with Gasteiger partial charge in [0, 0.05) is 12.0 Å². The molecule has 1 fully saturated rings. The van der Waals surface area contributed by atoms with Crippen molar-refractivity contribution in [2.75, 3.05) is 19.8 Å². The maximum Gasteiger partial charge on any atom is 0.305 e. The average molecular weight is 326 g/mol. The van der Waals surface area contributed by atoms with Crippen LogP contribution in [0.5, 0.6) is 0 Å². The third-order valence-corrected chi connectivity index (χ3v) is 5.10. The molecule has 1 amide bonds. The summed E-state index contributed by atoms with van der Waals surface area (Å²) in [4.78, 5) is 30.5. The molecule has 1 aliphatic rings. The number of thiazole rings is 1. The highest BCUT2D eigenvalue weighted by molar-refractivity contribution is 7.14. The summed E-state index contributed by atoms with van der Waals surface area (Å²) >= 11 is 1.40. The van der Waals surface area contributed by atoms with Gasteiger partial charge in [-0.1, -0.05) is 20.8 Å². The van der Waals surface area contributed by atoms with E-state index < -0.39 is 12.0 Å². The van der Waals surface area contributed by atoms with Crippen molar-refractivity contribution in [3.63, 3.8) is 0 Å². The number of carbonyl (C=O) groups excluding carboxylic acids is 1. The third-order valence-electron chi connectivity index (χ3n) is 3.53. The first kappa shape index (κ1) is 16.9. The highest BCUT2D eigenvalue weighted by Crippen LogP contribution is 2.30. The Morgan fingerprint density at radius 3 is 2.68 bits per heavy atom. The van der Waals surface area contributed by atoms with Crippen molar-refractivity contribution in [1.29, 1.82) is 0 Å². The van der Waals surface area contributed by atoms with Crippen LogP contribution in [0.2, 0.25) is 0 Å². The Labute approximate surface area is 134 Å². The minimum atomic E-state index is -0.926. The average Bonchev–Trinajstić information content (AvgIpc) is 2.80. The Bertz CT molecular complexity index is 577. The molecule has 1 aliphatic heterocycles. The summed E-state index contributed by atoms with van der Waals surface area (Å²) in [5.74, 6) is -1.07. The molecule has 0 radical (unpaired) electrons. The summed E-state index contributed by atoms with van der Waals surface area (Å²) in [7, 11) is 0. The van der Waals surface area contributed by atoms with Crippen LogP contribution in [0.15, 0.2) is 0 Å². The lowest BCUT2D eigenvalue weighted by Gasteiger charge is -2.34. The van der Waals surface area contributed by atoms with Crippen LogP contribution in [0.25, 0.3) is 0 Å². The molecular weight excluding hydrogens is 304 g/mol. The van der Waals surface area contributed by atoms with E-state index in [1.165, 1.54) is 11.3 Å². The minimum Gasteiger partial charge on any atom is -0.481 e. The normalized spacial score (nSPS) is 19.3. The number of carboxylic acids is 1. The van der Waals surface area contributed by atoms with Gasteiger partial charge in [0.05, 0.1) is 36.4 Å². The van der Waals surface area contributed by atoms with Gasteiger partial charge in [0.15, 0.2) is 0 Å². The molecule has 0 aromatic carbocycles. The lowest BCUT2D eigenvalue weighted by Crippen LogP contribution is -2.49. The van der Waals surface area contributed by atoms with Gasteiger partial charge in [0.25, 0.3) is 5.91 Å². The maximum atomic E-state index is 12.8. The molecule has 2 heterocycles. The van der Waals surface area contributed by atoms with Crippen molar-refractivity contribution >= 4 is 23.2 Å². The van der Waals surface area contributed by atoms with Crippen LogP contribution in [0, 0.1) is 6.92 Å². The highest BCUT2D eigenvalue weighted by Gasteiger charge is 2.32. The second-order valence-corrected chi connectivity index (χ2v) is 7.51. The Kier molecular flexibility index (Phi) is 4.87. The fourth-order valence-electron chi connectivity index (χ4n) is 2.34. The molecule has 1 aromatic heterocycles. The number of nitrogens with zero attached hydrogens (tertiary/aromatic N) is 2. The van der Waals surface area contributed by atoms with Crippen molar-refractivity contribution in [3.8, 4) is 0 Å². The number of rotatable bonds is 3. The van der Waals surface area contributed by atoms with Gasteiger partial charge in [-0.3, -0.25) is 9.59 Å². The van der Waals surface area contributed by atoms with Crippen LogP contribution in [0.1, 0.15) is 47.6 Å². The van der Waals surface area contributed by atoms with E-state index in [-0.39, 0.29) is 24.3 Å². The van der Waals surface area contributed by atoms with E-state index in [4.69, 9.17) is 9.84 Å². The van der Waals surface area contributed by atoms with Crippen molar-refractivity contribution in [3.05, 3.63) is 15.6 Å².